The maximum absolute atomic E-state index is 13.0. The second-order valence-corrected chi connectivity index (χ2v) is 9.13. The summed E-state index contributed by atoms with van der Waals surface area (Å²) in [6.45, 7) is 5.66. The van der Waals surface area contributed by atoms with Gasteiger partial charge in [0.15, 0.2) is 5.82 Å². The molecular formula is C15H14N6O2S3. The van der Waals surface area contributed by atoms with Gasteiger partial charge in [-0.25, -0.2) is 13.4 Å². The number of fused-ring (bicyclic) bond motifs is 1. The Labute approximate surface area is 157 Å². The fraction of sp³-hybridized carbons (Fsp3) is 0.200. The van der Waals surface area contributed by atoms with Crippen LogP contribution in [0.2, 0.25) is 0 Å². The first-order valence-electron chi connectivity index (χ1n) is 7.60. The van der Waals surface area contributed by atoms with Crippen LogP contribution in [0.15, 0.2) is 23.1 Å². The van der Waals surface area contributed by atoms with Crippen molar-refractivity contribution in [2.75, 3.05) is 4.72 Å². The minimum atomic E-state index is -3.84. The predicted molar refractivity (Wildman–Crippen MR) is 102 cm³/mol. The van der Waals surface area contributed by atoms with Gasteiger partial charge in [-0.1, -0.05) is 6.07 Å². The highest BCUT2D eigenvalue weighted by atomic mass is 32.2. The van der Waals surface area contributed by atoms with Crippen molar-refractivity contribution in [2.45, 2.75) is 25.7 Å². The van der Waals surface area contributed by atoms with E-state index in [1.165, 1.54) is 17.4 Å². The van der Waals surface area contributed by atoms with Crippen molar-refractivity contribution >= 4 is 49.1 Å². The van der Waals surface area contributed by atoms with Crippen LogP contribution in [0.4, 0.5) is 5.00 Å². The lowest BCUT2D eigenvalue weighted by Gasteiger charge is -2.08. The molecule has 4 rings (SSSR count). The lowest BCUT2D eigenvalue weighted by Crippen LogP contribution is -2.13. The lowest BCUT2D eigenvalue weighted by molar-refractivity contribution is 0.602. The molecule has 0 aliphatic carbocycles. The van der Waals surface area contributed by atoms with E-state index in [4.69, 9.17) is 0 Å². The zero-order valence-corrected chi connectivity index (χ0v) is 16.5. The van der Waals surface area contributed by atoms with Crippen LogP contribution in [-0.4, -0.2) is 32.3 Å². The number of rotatable bonds is 4. The number of sulfonamides is 1. The molecule has 0 fully saturated rings. The standard InChI is InChI=1S/C15H14N6O2S3/c1-7-8(2)24-15(12(7)14-16-9(3)17-18-14)21-26(22,23)11-6-4-5-10-13(11)20-25-19-10/h4-6,21H,1-3H3,(H,16,17,18). The van der Waals surface area contributed by atoms with Crippen molar-refractivity contribution in [2.24, 2.45) is 0 Å². The van der Waals surface area contributed by atoms with E-state index in [0.717, 1.165) is 22.2 Å². The number of benzene rings is 1. The highest BCUT2D eigenvalue weighted by Gasteiger charge is 2.25. The molecule has 0 unspecified atom stereocenters. The fourth-order valence-corrected chi connectivity index (χ4v) is 5.73. The van der Waals surface area contributed by atoms with E-state index in [-0.39, 0.29) is 4.90 Å². The van der Waals surface area contributed by atoms with Gasteiger partial charge in [0.1, 0.15) is 26.8 Å². The summed E-state index contributed by atoms with van der Waals surface area (Å²) in [6.07, 6.45) is 0. The Hall–Kier alpha value is -2.37. The molecule has 0 atom stereocenters. The number of nitrogens with zero attached hydrogens (tertiary/aromatic N) is 4. The van der Waals surface area contributed by atoms with Crippen molar-refractivity contribution in [1.82, 2.24) is 23.9 Å². The average molecular weight is 407 g/mol. The minimum Gasteiger partial charge on any atom is -0.270 e. The third kappa shape index (κ3) is 2.77. The maximum Gasteiger partial charge on any atom is 0.264 e. The molecule has 1 aromatic carbocycles. The van der Waals surface area contributed by atoms with Crippen molar-refractivity contribution < 1.29 is 8.42 Å². The highest BCUT2D eigenvalue weighted by molar-refractivity contribution is 7.93. The molecule has 8 nitrogen and oxygen atoms in total. The quantitative estimate of drug-likeness (QED) is 0.538. The summed E-state index contributed by atoms with van der Waals surface area (Å²) < 4.78 is 36.9. The number of aromatic amines is 1. The number of nitrogens with one attached hydrogen (secondary N) is 2. The van der Waals surface area contributed by atoms with E-state index in [2.05, 4.69) is 28.7 Å². The maximum atomic E-state index is 13.0. The van der Waals surface area contributed by atoms with Gasteiger partial charge in [0, 0.05) is 4.88 Å². The normalized spacial score (nSPS) is 12.0. The average Bonchev–Trinajstić information content (AvgIpc) is 3.27. The van der Waals surface area contributed by atoms with Crippen LogP contribution in [0.5, 0.6) is 0 Å². The number of hydrogen-bond acceptors (Lipinski definition) is 8. The van der Waals surface area contributed by atoms with Gasteiger partial charge in [0.2, 0.25) is 0 Å². The van der Waals surface area contributed by atoms with E-state index in [0.29, 0.717) is 33.2 Å². The molecule has 0 aliphatic heterocycles. The predicted octanol–water partition coefficient (Wildman–Crippen LogP) is 3.26. The van der Waals surface area contributed by atoms with Gasteiger partial charge in [-0.3, -0.25) is 9.82 Å². The van der Waals surface area contributed by atoms with Crippen molar-refractivity contribution in [3.05, 3.63) is 34.5 Å². The fourth-order valence-electron chi connectivity index (χ4n) is 2.60. The summed E-state index contributed by atoms with van der Waals surface area (Å²) in [5.41, 5.74) is 2.55. The number of aryl methyl sites for hydroxylation is 2. The molecular weight excluding hydrogens is 392 g/mol. The van der Waals surface area contributed by atoms with Gasteiger partial charge in [0.25, 0.3) is 10.0 Å². The van der Waals surface area contributed by atoms with Crippen LogP contribution in [0, 0.1) is 20.8 Å². The van der Waals surface area contributed by atoms with Gasteiger partial charge in [-0.15, -0.1) is 11.3 Å². The number of hydrogen-bond donors (Lipinski definition) is 2. The molecule has 26 heavy (non-hydrogen) atoms. The van der Waals surface area contributed by atoms with E-state index < -0.39 is 10.0 Å². The molecule has 0 spiro atoms. The molecule has 2 N–H and O–H groups in total. The van der Waals surface area contributed by atoms with Gasteiger partial charge >= 0.3 is 0 Å². The largest absolute Gasteiger partial charge is 0.270 e. The second-order valence-electron chi connectivity index (χ2n) is 5.73. The summed E-state index contributed by atoms with van der Waals surface area (Å²) in [6, 6.07) is 4.91. The van der Waals surface area contributed by atoms with Crippen LogP contribution < -0.4 is 4.72 Å². The van der Waals surface area contributed by atoms with Gasteiger partial charge in [0.05, 0.1) is 17.3 Å². The van der Waals surface area contributed by atoms with Crippen LogP contribution >= 0.6 is 23.1 Å². The van der Waals surface area contributed by atoms with Gasteiger partial charge < -0.3 is 0 Å². The molecule has 0 amide bonds. The Morgan fingerprint density at radius 3 is 2.69 bits per heavy atom. The van der Waals surface area contributed by atoms with Crippen LogP contribution in [-0.2, 0) is 10.0 Å². The van der Waals surface area contributed by atoms with Crippen LogP contribution in [0.3, 0.4) is 0 Å². The minimum absolute atomic E-state index is 0.101. The van der Waals surface area contributed by atoms with Crippen LogP contribution in [0.25, 0.3) is 22.4 Å². The Bertz CT molecular complexity index is 1220. The third-order valence-electron chi connectivity index (χ3n) is 3.97. The first kappa shape index (κ1) is 17.1. The Morgan fingerprint density at radius 1 is 1.15 bits per heavy atom. The molecule has 0 radical (unpaired) electrons. The molecule has 0 saturated heterocycles. The van der Waals surface area contributed by atoms with E-state index in [1.54, 1.807) is 19.1 Å². The van der Waals surface area contributed by atoms with Crippen LogP contribution in [0.1, 0.15) is 16.3 Å². The number of anilines is 1. The second kappa shape index (κ2) is 6.11. The summed E-state index contributed by atoms with van der Waals surface area (Å²) in [7, 11) is -3.84. The zero-order valence-electron chi connectivity index (χ0n) is 14.1. The molecule has 0 bridgehead atoms. The lowest BCUT2D eigenvalue weighted by atomic mass is 10.1. The van der Waals surface area contributed by atoms with E-state index in [9.17, 15) is 8.42 Å². The summed E-state index contributed by atoms with van der Waals surface area (Å²) in [4.78, 5) is 5.44. The first-order chi connectivity index (χ1) is 12.4. The third-order valence-corrected chi connectivity index (χ3v) is 7.15. The molecule has 0 saturated carbocycles. The number of aromatic nitrogens is 5. The number of H-pyrrole nitrogens is 1. The molecule has 134 valence electrons. The zero-order chi connectivity index (χ0) is 18.5. The molecule has 3 aromatic heterocycles. The van der Waals surface area contributed by atoms with Gasteiger partial charge in [-0.2, -0.15) is 13.8 Å². The molecule has 4 aromatic rings. The molecule has 0 aliphatic rings. The first-order valence-corrected chi connectivity index (χ1v) is 10.6. The Balaban J connectivity index is 1.83. The molecule has 3 heterocycles. The smallest absolute Gasteiger partial charge is 0.264 e. The van der Waals surface area contributed by atoms with Crippen molar-refractivity contribution in [3.8, 4) is 11.4 Å². The topological polar surface area (TPSA) is 114 Å². The summed E-state index contributed by atoms with van der Waals surface area (Å²) in [5.74, 6) is 1.13. The van der Waals surface area contributed by atoms with Crippen molar-refractivity contribution in [1.29, 1.82) is 0 Å². The SMILES string of the molecule is Cc1nc(-c2c(NS(=O)(=O)c3cccc4nsnc34)sc(C)c2C)n[nH]1. The van der Waals surface area contributed by atoms with E-state index in [1.807, 2.05) is 13.8 Å². The summed E-state index contributed by atoms with van der Waals surface area (Å²) >= 11 is 2.34. The summed E-state index contributed by atoms with van der Waals surface area (Å²) in [5, 5.41) is 7.46. The number of thiophene rings is 1. The Kier molecular flexibility index (Phi) is 4.01. The Morgan fingerprint density at radius 2 is 1.96 bits per heavy atom. The van der Waals surface area contributed by atoms with E-state index >= 15 is 0 Å². The van der Waals surface area contributed by atoms with Crippen molar-refractivity contribution in [3.63, 3.8) is 0 Å². The molecule has 11 heteroatoms. The highest BCUT2D eigenvalue weighted by Crippen LogP contribution is 2.40. The van der Waals surface area contributed by atoms with Gasteiger partial charge in [-0.05, 0) is 38.5 Å². The monoisotopic (exact) mass is 406 g/mol.